The fourth-order valence-electron chi connectivity index (χ4n) is 3.32. The molecular weight excluding hydrogens is 522 g/mol. The van der Waals surface area contributed by atoms with Gasteiger partial charge in [-0.2, -0.15) is 5.10 Å². The summed E-state index contributed by atoms with van der Waals surface area (Å²) in [6, 6.07) is 21.4. The molecule has 0 spiro atoms. The Balaban J connectivity index is 1.62. The van der Waals surface area contributed by atoms with E-state index >= 15 is 0 Å². The van der Waals surface area contributed by atoms with Crippen LogP contribution in [0.3, 0.4) is 0 Å². The van der Waals surface area contributed by atoms with E-state index in [0.717, 1.165) is 15.6 Å². The van der Waals surface area contributed by atoms with Crippen molar-refractivity contribution >= 4 is 34.0 Å². The van der Waals surface area contributed by atoms with Gasteiger partial charge >= 0.3 is 0 Å². The number of halogens is 1. The molecule has 1 unspecified atom stereocenters. The van der Waals surface area contributed by atoms with Crippen LogP contribution < -0.4 is 20.2 Å². The van der Waals surface area contributed by atoms with Gasteiger partial charge in [0.25, 0.3) is 11.8 Å². The second-order valence-corrected chi connectivity index (χ2v) is 9.27. The smallest absolute Gasteiger partial charge is 0.262 e. The van der Waals surface area contributed by atoms with Crippen molar-refractivity contribution in [3.05, 3.63) is 94.0 Å². The highest BCUT2D eigenvalue weighted by Crippen LogP contribution is 2.29. The monoisotopic (exact) mass is 551 g/mol. The molecule has 0 aliphatic carbocycles. The number of benzene rings is 3. The first kappa shape index (κ1) is 26.9. The van der Waals surface area contributed by atoms with E-state index in [9.17, 15) is 9.59 Å². The van der Waals surface area contributed by atoms with Gasteiger partial charge in [0.2, 0.25) is 0 Å². The second-order valence-electron chi connectivity index (χ2n) is 8.35. The maximum Gasteiger partial charge on any atom is 0.262 e. The molecule has 3 aromatic carbocycles. The van der Waals surface area contributed by atoms with Crippen molar-refractivity contribution in [3.63, 3.8) is 0 Å². The molecular formula is C28H30BrN3O4. The third-order valence-corrected chi connectivity index (χ3v) is 5.76. The number of hydrogen-bond acceptors (Lipinski definition) is 5. The number of nitrogens with one attached hydrogen (secondary N) is 2. The van der Waals surface area contributed by atoms with E-state index < -0.39 is 11.9 Å². The summed E-state index contributed by atoms with van der Waals surface area (Å²) in [6.07, 6.45) is 1.52. The Kier molecular flexibility index (Phi) is 10.1. The van der Waals surface area contributed by atoms with Gasteiger partial charge in [-0.15, -0.1) is 0 Å². The summed E-state index contributed by atoms with van der Waals surface area (Å²) in [6.45, 7) is 6.50. The molecule has 0 saturated carbocycles. The first-order valence-electron chi connectivity index (χ1n) is 11.7. The lowest BCUT2D eigenvalue weighted by Gasteiger charge is -2.20. The molecule has 2 N–H and O–H groups in total. The third kappa shape index (κ3) is 7.95. The van der Waals surface area contributed by atoms with E-state index in [4.69, 9.17) is 9.47 Å². The van der Waals surface area contributed by atoms with E-state index in [2.05, 4.69) is 31.8 Å². The molecule has 8 heteroatoms. The number of nitrogens with zero attached hydrogens (tertiary/aromatic N) is 1. The van der Waals surface area contributed by atoms with E-state index in [1.54, 1.807) is 30.3 Å². The van der Waals surface area contributed by atoms with E-state index in [1.165, 1.54) is 6.21 Å². The minimum atomic E-state index is -0.733. The molecule has 0 radical (unpaired) electrons. The first-order valence-corrected chi connectivity index (χ1v) is 12.5. The minimum Gasteiger partial charge on any atom is -0.490 e. The number of hydrogen-bond donors (Lipinski definition) is 2. The van der Waals surface area contributed by atoms with Crippen LogP contribution >= 0.6 is 15.9 Å². The average Bonchev–Trinajstić information content (AvgIpc) is 2.88. The fourth-order valence-corrected chi connectivity index (χ4v) is 3.59. The van der Waals surface area contributed by atoms with Crippen LogP contribution in [0.25, 0.3) is 0 Å². The molecule has 1 atom stereocenters. The highest BCUT2D eigenvalue weighted by molar-refractivity contribution is 9.10. The quantitative estimate of drug-likeness (QED) is 0.249. The summed E-state index contributed by atoms with van der Waals surface area (Å²) in [5.74, 6) is 0.364. The number of carbonyl (C=O) groups excluding carboxylic acids is 2. The Morgan fingerprint density at radius 1 is 0.972 bits per heavy atom. The molecule has 0 bridgehead atoms. The molecule has 2 amide bonds. The molecule has 3 aromatic rings. The van der Waals surface area contributed by atoms with Crippen LogP contribution in [0.4, 0.5) is 0 Å². The summed E-state index contributed by atoms with van der Waals surface area (Å²) < 4.78 is 12.7. The summed E-state index contributed by atoms with van der Waals surface area (Å²) in [7, 11) is 0. The SMILES string of the molecule is CCOc1cc(C=NNC(=O)C(NC(=O)c2ccccc2)C(C)C)ccc1OCc1ccc(Br)cc1. The van der Waals surface area contributed by atoms with Crippen LogP contribution in [-0.4, -0.2) is 30.7 Å². The van der Waals surface area contributed by atoms with Crippen molar-refractivity contribution in [2.45, 2.75) is 33.4 Å². The third-order valence-electron chi connectivity index (χ3n) is 5.24. The van der Waals surface area contributed by atoms with Crippen LogP contribution in [0.15, 0.2) is 82.4 Å². The number of rotatable bonds is 11. The maximum absolute atomic E-state index is 12.7. The maximum atomic E-state index is 12.7. The van der Waals surface area contributed by atoms with Gasteiger partial charge in [0.15, 0.2) is 11.5 Å². The van der Waals surface area contributed by atoms with Gasteiger partial charge in [0, 0.05) is 10.0 Å². The number of hydrazone groups is 1. The Hall–Kier alpha value is -3.65. The highest BCUT2D eigenvalue weighted by Gasteiger charge is 2.24. The van der Waals surface area contributed by atoms with Crippen molar-refractivity contribution in [1.82, 2.24) is 10.7 Å². The van der Waals surface area contributed by atoms with Gasteiger partial charge in [0.05, 0.1) is 12.8 Å². The van der Waals surface area contributed by atoms with Crippen LogP contribution in [0, 0.1) is 5.92 Å². The zero-order valence-electron chi connectivity index (χ0n) is 20.5. The predicted molar refractivity (Wildman–Crippen MR) is 144 cm³/mol. The molecule has 0 aromatic heterocycles. The normalized spacial score (nSPS) is 11.8. The molecule has 0 saturated heterocycles. The number of ether oxygens (including phenoxy) is 2. The van der Waals surface area contributed by atoms with E-state index in [0.29, 0.717) is 30.3 Å². The molecule has 0 aliphatic rings. The Labute approximate surface area is 220 Å². The summed E-state index contributed by atoms with van der Waals surface area (Å²) in [5.41, 5.74) is 4.78. The Morgan fingerprint density at radius 2 is 1.69 bits per heavy atom. The van der Waals surface area contributed by atoms with Crippen LogP contribution in [-0.2, 0) is 11.4 Å². The molecule has 36 heavy (non-hydrogen) atoms. The predicted octanol–water partition coefficient (Wildman–Crippen LogP) is 5.33. The summed E-state index contributed by atoms with van der Waals surface area (Å²) >= 11 is 3.43. The van der Waals surface area contributed by atoms with Crippen LogP contribution in [0.2, 0.25) is 0 Å². The van der Waals surface area contributed by atoms with Gasteiger partial charge < -0.3 is 14.8 Å². The molecule has 0 heterocycles. The number of amides is 2. The average molecular weight is 552 g/mol. The van der Waals surface area contributed by atoms with Crippen LogP contribution in [0.5, 0.6) is 11.5 Å². The topological polar surface area (TPSA) is 89.0 Å². The zero-order valence-corrected chi connectivity index (χ0v) is 22.1. The van der Waals surface area contributed by atoms with Crippen molar-refractivity contribution in [2.24, 2.45) is 11.0 Å². The molecule has 188 valence electrons. The fraction of sp³-hybridized carbons (Fsp3) is 0.250. The largest absolute Gasteiger partial charge is 0.490 e. The van der Waals surface area contributed by atoms with E-state index in [1.807, 2.05) is 63.2 Å². The molecule has 7 nitrogen and oxygen atoms in total. The first-order chi connectivity index (χ1) is 17.4. The van der Waals surface area contributed by atoms with E-state index in [-0.39, 0.29) is 11.8 Å². The van der Waals surface area contributed by atoms with Gasteiger partial charge in [-0.05, 0) is 66.4 Å². The van der Waals surface area contributed by atoms with Gasteiger partial charge in [-0.25, -0.2) is 5.43 Å². The van der Waals surface area contributed by atoms with Crippen molar-refractivity contribution in [3.8, 4) is 11.5 Å². The molecule has 3 rings (SSSR count). The summed E-state index contributed by atoms with van der Waals surface area (Å²) in [4.78, 5) is 25.2. The van der Waals surface area contributed by atoms with Crippen molar-refractivity contribution in [2.75, 3.05) is 6.61 Å². The zero-order chi connectivity index (χ0) is 25.9. The molecule has 0 fully saturated rings. The second kappa shape index (κ2) is 13.4. The Bertz CT molecular complexity index is 1180. The Morgan fingerprint density at radius 3 is 2.36 bits per heavy atom. The standard InChI is InChI=1S/C28H30BrN3O4/c1-4-35-25-16-21(12-15-24(25)36-18-20-10-13-23(29)14-11-20)17-30-32-28(34)26(19(2)3)31-27(33)22-8-6-5-7-9-22/h5-17,19,26H,4,18H2,1-3H3,(H,31,33)(H,32,34). The lowest BCUT2D eigenvalue weighted by molar-refractivity contribution is -0.123. The lowest BCUT2D eigenvalue weighted by atomic mass is 10.0. The minimum absolute atomic E-state index is 0.125. The molecule has 0 aliphatic heterocycles. The van der Waals surface area contributed by atoms with Gasteiger partial charge in [0.1, 0.15) is 12.6 Å². The highest BCUT2D eigenvalue weighted by atomic mass is 79.9. The lowest BCUT2D eigenvalue weighted by Crippen LogP contribution is -2.48. The van der Waals surface area contributed by atoms with Crippen molar-refractivity contribution in [1.29, 1.82) is 0 Å². The van der Waals surface area contributed by atoms with Gasteiger partial charge in [-0.1, -0.05) is 60.1 Å². The van der Waals surface area contributed by atoms with Crippen LogP contribution in [0.1, 0.15) is 42.3 Å². The number of carbonyl (C=O) groups is 2. The van der Waals surface area contributed by atoms with Gasteiger partial charge in [-0.3, -0.25) is 9.59 Å². The van der Waals surface area contributed by atoms with Crippen molar-refractivity contribution < 1.29 is 19.1 Å². The summed E-state index contributed by atoms with van der Waals surface area (Å²) in [5, 5.41) is 6.86.